The number of nitrogens with one attached hydrogen (secondary N) is 1. The standard InChI is InChI=1S/C26H24ClN11O2/c1-13-7-16(14(2)31-18-5-6-19(27)32-22(18)24-33-35-37(4)34-24)23-17(8-13)26(40)36(3)25-21(30-12-38(23)25)15-9-28-20(11-39)29-10-15/h5-10,12,14,31,39H,11H2,1-4H3/t14-/m0/s1/i3D3,4D3,14D. The van der Waals surface area contributed by atoms with Gasteiger partial charge in [-0.15, -0.1) is 10.2 Å². The summed E-state index contributed by atoms with van der Waals surface area (Å²) < 4.78 is 59.0. The second-order valence-electron chi connectivity index (χ2n) is 8.86. The number of halogens is 1. The third kappa shape index (κ3) is 4.25. The van der Waals surface area contributed by atoms with E-state index in [9.17, 15) is 11.3 Å². The molecule has 0 aliphatic carbocycles. The molecule has 202 valence electrons. The van der Waals surface area contributed by atoms with Crippen molar-refractivity contribution >= 4 is 33.8 Å². The fraction of sp³-hybridized carbons (Fsp3) is 0.231. The van der Waals surface area contributed by atoms with Gasteiger partial charge in [-0.3, -0.25) is 13.8 Å². The summed E-state index contributed by atoms with van der Waals surface area (Å²) in [6.07, 6.45) is 4.06. The molecule has 5 heterocycles. The molecule has 0 fully saturated rings. The van der Waals surface area contributed by atoms with Crippen molar-refractivity contribution in [3.05, 3.63) is 75.4 Å². The fourth-order valence-electron chi connectivity index (χ4n) is 4.47. The van der Waals surface area contributed by atoms with Crippen LogP contribution in [0.15, 0.2) is 47.8 Å². The first-order valence-electron chi connectivity index (χ1n) is 15.2. The Bertz CT molecular complexity index is 2230. The zero-order valence-corrected chi connectivity index (χ0v) is 21.7. The van der Waals surface area contributed by atoms with E-state index in [1.54, 1.807) is 13.0 Å². The maximum absolute atomic E-state index is 14.0. The third-order valence-corrected chi connectivity index (χ3v) is 6.43. The summed E-state index contributed by atoms with van der Waals surface area (Å²) in [7, 11) is 0. The lowest BCUT2D eigenvalue weighted by Crippen LogP contribution is -2.21. The highest BCUT2D eigenvalue weighted by atomic mass is 35.5. The summed E-state index contributed by atoms with van der Waals surface area (Å²) >= 11 is 6.16. The predicted octanol–water partition coefficient (Wildman–Crippen LogP) is 2.86. The van der Waals surface area contributed by atoms with Gasteiger partial charge in [0.2, 0.25) is 5.82 Å². The van der Waals surface area contributed by atoms with Crippen molar-refractivity contribution in [3.8, 4) is 22.8 Å². The minimum atomic E-state index is -2.93. The van der Waals surface area contributed by atoms with Crippen molar-refractivity contribution in [1.82, 2.24) is 49.1 Å². The Balaban J connectivity index is 1.59. The largest absolute Gasteiger partial charge is 0.388 e. The molecule has 40 heavy (non-hydrogen) atoms. The highest BCUT2D eigenvalue weighted by Gasteiger charge is 2.22. The van der Waals surface area contributed by atoms with Crippen molar-refractivity contribution in [2.75, 3.05) is 5.32 Å². The SMILES string of the molecule is [2H]C([2H])([2H])n1nnc(-c2nc(Cl)ccc2N[C@@]([2H])(C)c2cc(C)cc3c(=O)n(C([2H])([2H])[2H])c4c(-c5cnc(CO)nc5)ncn4c23)n1. The van der Waals surface area contributed by atoms with Gasteiger partial charge in [-0.2, -0.15) is 4.80 Å². The smallest absolute Gasteiger partial charge is 0.261 e. The summed E-state index contributed by atoms with van der Waals surface area (Å²) in [5.41, 5.74) is 0.642. The molecule has 0 amide bonds. The summed E-state index contributed by atoms with van der Waals surface area (Å²) in [6, 6.07) is 4.39. The van der Waals surface area contributed by atoms with Crippen LogP contribution in [0.5, 0.6) is 0 Å². The van der Waals surface area contributed by atoms with E-state index in [1.807, 2.05) is 0 Å². The van der Waals surface area contributed by atoms with Crippen LogP contribution in [0.2, 0.25) is 5.15 Å². The summed E-state index contributed by atoms with van der Waals surface area (Å²) in [5, 5.41) is 23.8. The van der Waals surface area contributed by atoms with E-state index in [4.69, 9.17) is 19.8 Å². The molecule has 0 unspecified atom stereocenters. The normalized spacial score (nSPS) is 16.4. The van der Waals surface area contributed by atoms with E-state index in [0.717, 1.165) is 0 Å². The van der Waals surface area contributed by atoms with Gasteiger partial charge in [0.1, 0.15) is 35.1 Å². The van der Waals surface area contributed by atoms with E-state index in [0.29, 0.717) is 14.9 Å². The van der Waals surface area contributed by atoms with E-state index in [2.05, 4.69) is 40.7 Å². The van der Waals surface area contributed by atoms with Crippen molar-refractivity contribution in [3.63, 3.8) is 0 Å². The Morgan fingerprint density at radius 2 is 2.00 bits per heavy atom. The number of pyridine rings is 1. The van der Waals surface area contributed by atoms with Gasteiger partial charge in [-0.05, 0) is 48.4 Å². The Morgan fingerprint density at radius 1 is 1.18 bits per heavy atom. The molecule has 1 atom stereocenters. The Hall–Kier alpha value is -4.75. The van der Waals surface area contributed by atoms with Gasteiger partial charge < -0.3 is 10.4 Å². The van der Waals surface area contributed by atoms with Crippen LogP contribution >= 0.6 is 11.6 Å². The van der Waals surface area contributed by atoms with Crippen LogP contribution in [-0.4, -0.2) is 54.2 Å². The maximum atomic E-state index is 14.0. The van der Waals surface area contributed by atoms with Crippen molar-refractivity contribution in [2.24, 2.45) is 14.0 Å². The van der Waals surface area contributed by atoms with Crippen LogP contribution in [-0.2, 0) is 20.6 Å². The van der Waals surface area contributed by atoms with Crippen LogP contribution in [0.25, 0.3) is 39.3 Å². The van der Waals surface area contributed by atoms with Crippen LogP contribution in [0.4, 0.5) is 5.69 Å². The average molecular weight is 565 g/mol. The molecule has 0 aliphatic heterocycles. The van der Waals surface area contributed by atoms with E-state index >= 15 is 0 Å². The number of nitrogens with zero attached hydrogens (tertiary/aromatic N) is 10. The second kappa shape index (κ2) is 9.77. The quantitative estimate of drug-likeness (QED) is 0.288. The monoisotopic (exact) mass is 564 g/mol. The van der Waals surface area contributed by atoms with Crippen LogP contribution < -0.4 is 10.9 Å². The van der Waals surface area contributed by atoms with Crippen LogP contribution in [0.3, 0.4) is 0 Å². The molecule has 13 nitrogen and oxygen atoms in total. The number of hydrogen-bond acceptors (Lipinski definition) is 10. The Kier molecular flexibility index (Phi) is 4.52. The number of anilines is 1. The van der Waals surface area contributed by atoms with Crippen LogP contribution in [0, 0.1) is 6.92 Å². The van der Waals surface area contributed by atoms with Gasteiger partial charge in [0.05, 0.1) is 31.0 Å². The number of aromatic nitrogens is 10. The van der Waals surface area contributed by atoms with Gasteiger partial charge in [0.15, 0.2) is 5.82 Å². The summed E-state index contributed by atoms with van der Waals surface area (Å²) in [4.78, 5) is 31.3. The number of tetrazole rings is 1. The van der Waals surface area contributed by atoms with Crippen molar-refractivity contribution < 1.29 is 14.7 Å². The topological polar surface area (TPSA) is 154 Å². The van der Waals surface area contributed by atoms with Gasteiger partial charge in [-0.25, -0.2) is 19.9 Å². The first-order valence-corrected chi connectivity index (χ1v) is 12.1. The number of benzene rings is 1. The predicted molar refractivity (Wildman–Crippen MR) is 149 cm³/mol. The summed E-state index contributed by atoms with van der Waals surface area (Å²) in [5.74, 6) is -0.0374. The van der Waals surface area contributed by atoms with Gasteiger partial charge in [-0.1, -0.05) is 17.7 Å². The highest BCUT2D eigenvalue weighted by Crippen LogP contribution is 2.33. The molecule has 0 radical (unpaired) electrons. The van der Waals surface area contributed by atoms with Gasteiger partial charge >= 0.3 is 0 Å². The van der Waals surface area contributed by atoms with Gasteiger partial charge in [0.25, 0.3) is 5.56 Å². The van der Waals surface area contributed by atoms with E-state index < -0.39 is 32.1 Å². The molecule has 6 rings (SSSR count). The molecule has 14 heteroatoms. The maximum Gasteiger partial charge on any atom is 0.261 e. The zero-order chi connectivity index (χ0) is 34.1. The second-order valence-corrected chi connectivity index (χ2v) is 9.25. The molecular weight excluding hydrogens is 534 g/mol. The molecule has 6 aromatic rings. The fourth-order valence-corrected chi connectivity index (χ4v) is 4.62. The van der Waals surface area contributed by atoms with Crippen molar-refractivity contribution in [2.45, 2.75) is 26.5 Å². The lowest BCUT2D eigenvalue weighted by molar-refractivity contribution is 0.271. The third-order valence-electron chi connectivity index (χ3n) is 6.22. The molecule has 1 aromatic carbocycles. The molecular formula is C26H24ClN11O2. The molecule has 0 aliphatic rings. The lowest BCUT2D eigenvalue weighted by atomic mass is 10.0. The zero-order valence-electron chi connectivity index (χ0n) is 28.0. The number of aliphatic hydroxyl groups is 1. The highest BCUT2D eigenvalue weighted by molar-refractivity contribution is 6.29. The minimum Gasteiger partial charge on any atom is -0.388 e. The first-order chi connectivity index (χ1) is 22.0. The van der Waals surface area contributed by atoms with Crippen molar-refractivity contribution in [1.29, 1.82) is 0 Å². The summed E-state index contributed by atoms with van der Waals surface area (Å²) in [6.45, 7) is -2.83. The number of aryl methyl sites for hydroxylation is 3. The Labute approximate surface area is 242 Å². The molecule has 5 aromatic heterocycles. The minimum absolute atomic E-state index is 0.00887. The van der Waals surface area contributed by atoms with E-state index in [1.165, 1.54) is 48.2 Å². The number of imidazole rings is 1. The molecule has 0 saturated carbocycles. The number of rotatable bonds is 6. The molecule has 0 spiro atoms. The number of fused-ring (bicyclic) bond motifs is 3. The number of aliphatic hydroxyl groups excluding tert-OH is 1. The van der Waals surface area contributed by atoms with Crippen LogP contribution in [0.1, 0.15) is 39.5 Å². The number of hydrogen-bond donors (Lipinski definition) is 2. The van der Waals surface area contributed by atoms with Gasteiger partial charge in [0, 0.05) is 33.2 Å². The molecule has 0 bridgehead atoms. The first kappa shape index (κ1) is 18.5. The Morgan fingerprint density at radius 3 is 2.73 bits per heavy atom. The lowest BCUT2D eigenvalue weighted by Gasteiger charge is -2.21. The average Bonchev–Trinajstić information content (AvgIpc) is 3.66. The van der Waals surface area contributed by atoms with E-state index in [-0.39, 0.29) is 61.6 Å². The molecule has 0 saturated heterocycles. The molecule has 2 N–H and O–H groups in total.